The number of rotatable bonds is 5. The van der Waals surface area contributed by atoms with Crippen molar-refractivity contribution in [3.63, 3.8) is 0 Å². The maximum atomic E-state index is 6.05. The Bertz CT molecular complexity index is 569. The first-order chi connectivity index (χ1) is 9.22. The molecule has 0 bridgehead atoms. The summed E-state index contributed by atoms with van der Waals surface area (Å²) < 4.78 is 5.29. The van der Waals surface area contributed by atoms with E-state index in [1.165, 1.54) is 11.8 Å². The van der Waals surface area contributed by atoms with E-state index in [0.717, 1.165) is 0 Å². The van der Waals surface area contributed by atoms with Gasteiger partial charge in [0.05, 0.1) is 11.6 Å². The van der Waals surface area contributed by atoms with Crippen LogP contribution >= 0.6 is 23.4 Å². The summed E-state index contributed by atoms with van der Waals surface area (Å²) in [6.07, 6.45) is 1.66. The monoisotopic (exact) mass is 297 g/mol. The summed E-state index contributed by atoms with van der Waals surface area (Å²) in [5.41, 5.74) is 0. The Hall–Kier alpha value is -1.60. The molecule has 0 unspecified atom stereocenters. The van der Waals surface area contributed by atoms with E-state index >= 15 is 0 Å². The van der Waals surface area contributed by atoms with Gasteiger partial charge < -0.3 is 10.1 Å². The van der Waals surface area contributed by atoms with Crippen molar-refractivity contribution in [2.24, 2.45) is 0 Å². The van der Waals surface area contributed by atoms with Crippen LogP contribution in [0.2, 0.25) is 5.02 Å². The lowest BCUT2D eigenvalue weighted by Gasteiger charge is -2.06. The summed E-state index contributed by atoms with van der Waals surface area (Å²) >= 11 is 7.31. The normalized spacial score (nSPS) is 10.3. The van der Waals surface area contributed by atoms with Crippen molar-refractivity contribution < 1.29 is 4.74 Å². The Balaban J connectivity index is 2.29. The molecule has 2 aromatic rings. The molecule has 0 aliphatic carbocycles. The molecule has 0 aliphatic rings. The SMILES string of the molecule is CCOc1nc(NC)nc(Sc2ncccc2Cl)n1. The maximum Gasteiger partial charge on any atom is 0.322 e. The van der Waals surface area contributed by atoms with Gasteiger partial charge in [-0.15, -0.1) is 0 Å². The van der Waals surface area contributed by atoms with Gasteiger partial charge in [-0.05, 0) is 30.8 Å². The summed E-state index contributed by atoms with van der Waals surface area (Å²) in [6, 6.07) is 3.81. The third kappa shape index (κ3) is 3.68. The molecule has 0 saturated carbocycles. The van der Waals surface area contributed by atoms with Gasteiger partial charge in [0.1, 0.15) is 5.03 Å². The quantitative estimate of drug-likeness (QED) is 0.909. The highest BCUT2D eigenvalue weighted by molar-refractivity contribution is 7.99. The molecule has 0 radical (unpaired) electrons. The van der Waals surface area contributed by atoms with E-state index in [0.29, 0.717) is 27.8 Å². The molecular formula is C11H12ClN5OS. The van der Waals surface area contributed by atoms with Crippen molar-refractivity contribution in [2.75, 3.05) is 19.0 Å². The highest BCUT2D eigenvalue weighted by Crippen LogP contribution is 2.29. The molecular weight excluding hydrogens is 286 g/mol. The molecule has 0 spiro atoms. The third-order valence-corrected chi connectivity index (χ3v) is 3.30. The van der Waals surface area contributed by atoms with Crippen LogP contribution in [-0.2, 0) is 0 Å². The molecule has 0 aliphatic heterocycles. The number of pyridine rings is 1. The minimum atomic E-state index is 0.274. The number of halogens is 1. The summed E-state index contributed by atoms with van der Waals surface area (Å²) in [5.74, 6) is 0.438. The third-order valence-electron chi connectivity index (χ3n) is 2.00. The Kier molecular flexibility index (Phi) is 4.75. The van der Waals surface area contributed by atoms with Crippen molar-refractivity contribution in [1.82, 2.24) is 19.9 Å². The first kappa shape index (κ1) is 13.8. The Morgan fingerprint density at radius 1 is 1.37 bits per heavy atom. The first-order valence-corrected chi connectivity index (χ1v) is 6.77. The zero-order valence-corrected chi connectivity index (χ0v) is 12.0. The van der Waals surface area contributed by atoms with Gasteiger partial charge in [-0.2, -0.15) is 15.0 Å². The Labute approximate surface area is 120 Å². The van der Waals surface area contributed by atoms with Crippen molar-refractivity contribution in [3.05, 3.63) is 23.4 Å². The number of nitrogens with zero attached hydrogens (tertiary/aromatic N) is 4. The predicted octanol–water partition coefficient (Wildman–Crippen LogP) is 2.51. The van der Waals surface area contributed by atoms with Crippen LogP contribution < -0.4 is 10.1 Å². The maximum absolute atomic E-state index is 6.05. The average Bonchev–Trinajstić information content (AvgIpc) is 2.41. The molecule has 8 heteroatoms. The molecule has 0 aromatic carbocycles. The largest absolute Gasteiger partial charge is 0.464 e. The molecule has 1 N–H and O–H groups in total. The number of hydrogen-bond acceptors (Lipinski definition) is 7. The number of nitrogens with one attached hydrogen (secondary N) is 1. The first-order valence-electron chi connectivity index (χ1n) is 5.58. The lowest BCUT2D eigenvalue weighted by Crippen LogP contribution is -2.04. The van der Waals surface area contributed by atoms with E-state index in [1.54, 1.807) is 25.4 Å². The topological polar surface area (TPSA) is 72.8 Å². The van der Waals surface area contributed by atoms with E-state index in [4.69, 9.17) is 16.3 Å². The van der Waals surface area contributed by atoms with Gasteiger partial charge in [0, 0.05) is 13.2 Å². The Morgan fingerprint density at radius 3 is 2.89 bits per heavy atom. The number of hydrogen-bond donors (Lipinski definition) is 1. The molecule has 100 valence electrons. The van der Waals surface area contributed by atoms with Gasteiger partial charge in [0.15, 0.2) is 0 Å². The minimum absolute atomic E-state index is 0.274. The number of aromatic nitrogens is 4. The highest BCUT2D eigenvalue weighted by atomic mass is 35.5. The van der Waals surface area contributed by atoms with Crippen molar-refractivity contribution >= 4 is 29.3 Å². The van der Waals surface area contributed by atoms with Gasteiger partial charge in [-0.3, -0.25) is 0 Å². The van der Waals surface area contributed by atoms with Gasteiger partial charge in [0.25, 0.3) is 0 Å². The summed E-state index contributed by atoms with van der Waals surface area (Å²) in [4.78, 5) is 16.7. The van der Waals surface area contributed by atoms with Crippen LogP contribution in [-0.4, -0.2) is 33.6 Å². The Morgan fingerprint density at radius 2 is 2.21 bits per heavy atom. The lowest BCUT2D eigenvalue weighted by molar-refractivity contribution is 0.308. The summed E-state index contributed by atoms with van der Waals surface area (Å²) in [7, 11) is 1.73. The second-order valence-corrected chi connectivity index (χ2v) is 4.66. The second-order valence-electron chi connectivity index (χ2n) is 3.30. The molecule has 19 heavy (non-hydrogen) atoms. The fraction of sp³-hybridized carbons (Fsp3) is 0.273. The predicted molar refractivity (Wildman–Crippen MR) is 73.9 cm³/mol. The van der Waals surface area contributed by atoms with Crippen molar-refractivity contribution in [1.29, 1.82) is 0 Å². The molecule has 2 heterocycles. The fourth-order valence-electron chi connectivity index (χ4n) is 1.22. The summed E-state index contributed by atoms with van der Waals surface area (Å²) in [6.45, 7) is 2.35. The van der Waals surface area contributed by atoms with Gasteiger partial charge >= 0.3 is 6.01 Å². The van der Waals surface area contributed by atoms with E-state index < -0.39 is 0 Å². The minimum Gasteiger partial charge on any atom is -0.464 e. The summed E-state index contributed by atoms with van der Waals surface area (Å²) in [5, 5.41) is 4.52. The standard InChI is InChI=1S/C11H12ClN5OS/c1-3-18-10-15-9(13-2)16-11(17-10)19-8-7(12)5-4-6-14-8/h4-6H,3H2,1-2H3,(H,13,15,16,17). The molecule has 6 nitrogen and oxygen atoms in total. The van der Waals surface area contributed by atoms with Crippen molar-refractivity contribution in [2.45, 2.75) is 17.1 Å². The van der Waals surface area contributed by atoms with E-state index in [9.17, 15) is 0 Å². The van der Waals surface area contributed by atoms with Gasteiger partial charge in [0.2, 0.25) is 11.1 Å². The van der Waals surface area contributed by atoms with Crippen LogP contribution in [0.25, 0.3) is 0 Å². The molecule has 0 amide bonds. The fourth-order valence-corrected chi connectivity index (χ4v) is 2.17. The number of anilines is 1. The molecule has 2 aromatic heterocycles. The second kappa shape index (κ2) is 6.53. The van der Waals surface area contributed by atoms with Gasteiger partial charge in [-0.25, -0.2) is 4.98 Å². The van der Waals surface area contributed by atoms with Crippen LogP contribution in [0.15, 0.2) is 28.5 Å². The smallest absolute Gasteiger partial charge is 0.322 e. The zero-order chi connectivity index (χ0) is 13.7. The average molecular weight is 298 g/mol. The van der Waals surface area contributed by atoms with Crippen LogP contribution in [0.3, 0.4) is 0 Å². The lowest BCUT2D eigenvalue weighted by atomic mass is 10.5. The van der Waals surface area contributed by atoms with Crippen LogP contribution in [0.1, 0.15) is 6.92 Å². The zero-order valence-electron chi connectivity index (χ0n) is 10.4. The number of ether oxygens (including phenoxy) is 1. The van der Waals surface area contributed by atoms with Crippen LogP contribution in [0.4, 0.5) is 5.95 Å². The van der Waals surface area contributed by atoms with E-state index in [2.05, 4.69) is 25.3 Å². The van der Waals surface area contributed by atoms with E-state index in [-0.39, 0.29) is 6.01 Å². The van der Waals surface area contributed by atoms with Crippen LogP contribution in [0, 0.1) is 0 Å². The highest BCUT2D eigenvalue weighted by Gasteiger charge is 2.10. The van der Waals surface area contributed by atoms with E-state index in [1.807, 2.05) is 6.92 Å². The van der Waals surface area contributed by atoms with Crippen LogP contribution in [0.5, 0.6) is 6.01 Å². The molecule has 0 atom stereocenters. The van der Waals surface area contributed by atoms with Crippen molar-refractivity contribution in [3.8, 4) is 6.01 Å². The molecule has 2 rings (SSSR count). The molecule has 0 fully saturated rings. The van der Waals surface area contributed by atoms with Gasteiger partial charge in [-0.1, -0.05) is 11.6 Å². The molecule has 0 saturated heterocycles.